The number of amides is 1. The summed E-state index contributed by atoms with van der Waals surface area (Å²) in [5.41, 5.74) is 4.16. The first-order valence-corrected chi connectivity index (χ1v) is 12.2. The molecule has 0 radical (unpaired) electrons. The number of carboxylic acids is 1. The molecule has 1 spiro atoms. The van der Waals surface area contributed by atoms with E-state index in [-0.39, 0.29) is 37.6 Å². The zero-order valence-electron chi connectivity index (χ0n) is 20.1. The van der Waals surface area contributed by atoms with Crippen LogP contribution in [0.2, 0.25) is 0 Å². The van der Waals surface area contributed by atoms with Gasteiger partial charge in [0.1, 0.15) is 12.6 Å². The molecule has 0 bridgehead atoms. The van der Waals surface area contributed by atoms with Crippen LogP contribution >= 0.6 is 0 Å². The minimum Gasteiger partial charge on any atom is -0.480 e. The Morgan fingerprint density at radius 1 is 1.08 bits per heavy atom. The molecule has 38 heavy (non-hydrogen) atoms. The van der Waals surface area contributed by atoms with Crippen molar-refractivity contribution in [2.45, 2.75) is 30.4 Å². The van der Waals surface area contributed by atoms with Crippen molar-refractivity contribution in [2.75, 3.05) is 13.2 Å². The van der Waals surface area contributed by atoms with Gasteiger partial charge >= 0.3 is 12.1 Å². The number of oxime groups is 1. The second-order valence-corrected chi connectivity index (χ2v) is 9.79. The summed E-state index contributed by atoms with van der Waals surface area (Å²) in [6, 6.07) is 20.8. The van der Waals surface area contributed by atoms with Crippen LogP contribution in [0.1, 0.15) is 35.4 Å². The van der Waals surface area contributed by atoms with Crippen molar-refractivity contribution < 1.29 is 29.2 Å². The Bertz CT molecular complexity index is 1460. The standard InChI is InChI=1S/C28H23N3O7/c32-26(33)25-14-28(13-24(29-38-28)17-6-5-7-18(12-17)31(35)36)16-30(25)27(34)37-15-23-21-10-3-1-8-19(21)20-9-2-4-11-22(20)23/h1-12,23,25H,13-16H2,(H,32,33)/t25-,28+/m0/s1. The van der Waals surface area contributed by atoms with Crippen molar-refractivity contribution in [2.24, 2.45) is 5.16 Å². The van der Waals surface area contributed by atoms with Gasteiger partial charge in [-0.1, -0.05) is 65.8 Å². The van der Waals surface area contributed by atoms with Gasteiger partial charge in [-0.25, -0.2) is 9.59 Å². The van der Waals surface area contributed by atoms with Crippen LogP contribution in [0.3, 0.4) is 0 Å². The molecule has 1 aliphatic carbocycles. The number of carboxylic acid groups (broad SMARTS) is 1. The molecule has 1 amide bonds. The predicted octanol–water partition coefficient (Wildman–Crippen LogP) is 4.57. The van der Waals surface area contributed by atoms with Gasteiger partial charge in [-0.2, -0.15) is 0 Å². The summed E-state index contributed by atoms with van der Waals surface area (Å²) in [6.45, 7) is 0.0432. The lowest BCUT2D eigenvalue weighted by Gasteiger charge is -2.23. The number of rotatable bonds is 5. The van der Waals surface area contributed by atoms with Crippen molar-refractivity contribution >= 4 is 23.5 Å². The molecular weight excluding hydrogens is 490 g/mol. The quantitative estimate of drug-likeness (QED) is 0.391. The highest BCUT2D eigenvalue weighted by molar-refractivity contribution is 6.02. The average molecular weight is 514 g/mol. The summed E-state index contributed by atoms with van der Waals surface area (Å²) in [5.74, 6) is -1.32. The van der Waals surface area contributed by atoms with Crippen LogP contribution in [0.4, 0.5) is 10.5 Å². The van der Waals surface area contributed by atoms with Gasteiger partial charge in [0.15, 0.2) is 5.60 Å². The number of non-ortho nitro benzene ring substituents is 1. The Hall–Kier alpha value is -4.73. The summed E-state index contributed by atoms with van der Waals surface area (Å²) < 4.78 is 5.72. The van der Waals surface area contributed by atoms with Gasteiger partial charge < -0.3 is 14.7 Å². The highest BCUT2D eigenvalue weighted by Gasteiger charge is 2.54. The molecule has 0 aromatic heterocycles. The number of benzene rings is 3. The molecule has 3 aliphatic rings. The summed E-state index contributed by atoms with van der Waals surface area (Å²) in [4.78, 5) is 42.9. The van der Waals surface area contributed by atoms with E-state index >= 15 is 0 Å². The van der Waals surface area contributed by atoms with Crippen LogP contribution < -0.4 is 0 Å². The van der Waals surface area contributed by atoms with E-state index in [1.165, 1.54) is 17.0 Å². The Morgan fingerprint density at radius 2 is 1.76 bits per heavy atom. The maximum absolute atomic E-state index is 13.2. The third-order valence-electron chi connectivity index (χ3n) is 7.49. The van der Waals surface area contributed by atoms with Gasteiger partial charge in [0.2, 0.25) is 0 Å². The zero-order valence-corrected chi connectivity index (χ0v) is 20.1. The van der Waals surface area contributed by atoms with Crippen molar-refractivity contribution in [3.63, 3.8) is 0 Å². The molecule has 2 heterocycles. The number of nitro groups is 1. The molecule has 1 N–H and O–H groups in total. The first kappa shape index (κ1) is 23.7. The summed E-state index contributed by atoms with van der Waals surface area (Å²) in [5, 5.41) is 25.1. The van der Waals surface area contributed by atoms with Crippen LogP contribution in [-0.4, -0.2) is 57.5 Å². The smallest absolute Gasteiger partial charge is 0.410 e. The number of hydrogen-bond acceptors (Lipinski definition) is 7. The van der Waals surface area contributed by atoms with Gasteiger partial charge in [-0.15, -0.1) is 0 Å². The number of likely N-dealkylation sites (tertiary alicyclic amines) is 1. The first-order chi connectivity index (χ1) is 18.3. The highest BCUT2D eigenvalue weighted by atomic mass is 16.7. The van der Waals surface area contributed by atoms with Crippen molar-refractivity contribution in [3.05, 3.63) is 99.6 Å². The van der Waals surface area contributed by atoms with Crippen LogP contribution in [0, 0.1) is 10.1 Å². The molecule has 6 rings (SSSR count). The largest absolute Gasteiger partial charge is 0.480 e. The fraction of sp³-hybridized carbons (Fsp3) is 0.250. The van der Waals surface area contributed by atoms with E-state index < -0.39 is 28.6 Å². The van der Waals surface area contributed by atoms with E-state index in [2.05, 4.69) is 5.16 Å². The summed E-state index contributed by atoms with van der Waals surface area (Å²) in [7, 11) is 0. The number of nitrogens with zero attached hydrogens (tertiary/aromatic N) is 3. The van der Waals surface area contributed by atoms with Crippen LogP contribution in [0.5, 0.6) is 0 Å². The number of fused-ring (bicyclic) bond motifs is 3. The molecule has 2 aliphatic heterocycles. The number of carbonyl (C=O) groups is 2. The Labute approximate surface area is 217 Å². The number of ether oxygens (including phenoxy) is 1. The van der Waals surface area contributed by atoms with Gasteiger partial charge in [0.05, 0.1) is 17.2 Å². The second-order valence-electron chi connectivity index (χ2n) is 9.79. The van der Waals surface area contributed by atoms with E-state index in [0.717, 1.165) is 22.3 Å². The number of hydrogen-bond donors (Lipinski definition) is 1. The fourth-order valence-electron chi connectivity index (χ4n) is 5.71. The van der Waals surface area contributed by atoms with Crippen molar-refractivity contribution in [1.82, 2.24) is 4.90 Å². The lowest BCUT2D eigenvalue weighted by atomic mass is 9.91. The van der Waals surface area contributed by atoms with E-state index in [4.69, 9.17) is 9.57 Å². The van der Waals surface area contributed by atoms with Gasteiger partial charge in [-0.05, 0) is 22.3 Å². The van der Waals surface area contributed by atoms with Crippen molar-refractivity contribution in [1.29, 1.82) is 0 Å². The Balaban J connectivity index is 1.18. The third-order valence-corrected chi connectivity index (χ3v) is 7.49. The van der Waals surface area contributed by atoms with Gasteiger partial charge in [-0.3, -0.25) is 15.0 Å². The molecule has 10 heteroatoms. The van der Waals surface area contributed by atoms with Crippen LogP contribution in [-0.2, 0) is 14.4 Å². The lowest BCUT2D eigenvalue weighted by molar-refractivity contribution is -0.384. The fourth-order valence-corrected chi connectivity index (χ4v) is 5.71. The van der Waals surface area contributed by atoms with E-state index in [9.17, 15) is 24.8 Å². The molecule has 1 fully saturated rings. The van der Waals surface area contributed by atoms with Gasteiger partial charge in [0, 0.05) is 36.5 Å². The van der Waals surface area contributed by atoms with E-state index in [1.54, 1.807) is 12.1 Å². The SMILES string of the molecule is O=C(O)[C@@H]1C[C@]2(CC(c3cccc([N+](=O)[O-])c3)=NO2)CN1C(=O)OCC1c2ccccc2-c2ccccc21. The number of carbonyl (C=O) groups excluding carboxylic acids is 1. The molecular formula is C28H23N3O7. The molecule has 3 aromatic carbocycles. The molecule has 0 saturated carbocycles. The molecule has 192 valence electrons. The van der Waals surface area contributed by atoms with Crippen LogP contribution in [0.25, 0.3) is 11.1 Å². The Morgan fingerprint density at radius 3 is 2.42 bits per heavy atom. The second kappa shape index (κ2) is 8.98. The third kappa shape index (κ3) is 3.94. The molecule has 2 atom stereocenters. The van der Waals surface area contributed by atoms with E-state index in [1.807, 2.05) is 48.5 Å². The lowest BCUT2D eigenvalue weighted by Crippen LogP contribution is -2.42. The molecule has 0 unspecified atom stereocenters. The molecule has 10 nitrogen and oxygen atoms in total. The summed E-state index contributed by atoms with van der Waals surface area (Å²) in [6.07, 6.45) is -0.497. The number of aliphatic carboxylic acids is 1. The van der Waals surface area contributed by atoms with Gasteiger partial charge in [0.25, 0.3) is 5.69 Å². The minimum atomic E-state index is -1.16. The maximum Gasteiger partial charge on any atom is 0.410 e. The molecule has 3 aromatic rings. The Kier molecular flexibility index (Phi) is 5.59. The molecule has 1 saturated heterocycles. The average Bonchev–Trinajstić information content (AvgIpc) is 3.62. The van der Waals surface area contributed by atoms with E-state index in [0.29, 0.717) is 11.3 Å². The van der Waals surface area contributed by atoms with Crippen molar-refractivity contribution in [3.8, 4) is 11.1 Å². The maximum atomic E-state index is 13.2. The first-order valence-electron chi connectivity index (χ1n) is 12.2. The highest BCUT2D eigenvalue weighted by Crippen LogP contribution is 2.45. The van der Waals surface area contributed by atoms with Crippen LogP contribution in [0.15, 0.2) is 78.0 Å². The predicted molar refractivity (Wildman–Crippen MR) is 136 cm³/mol. The minimum absolute atomic E-state index is 0.0223. The topological polar surface area (TPSA) is 132 Å². The zero-order chi connectivity index (χ0) is 26.4. The normalized spacial score (nSPS) is 21.5. The summed E-state index contributed by atoms with van der Waals surface area (Å²) >= 11 is 0. The number of nitro benzene ring substituents is 1. The monoisotopic (exact) mass is 513 g/mol.